The number of carbonyl (C=O) groups is 1. The first-order valence-electron chi connectivity index (χ1n) is 9.87. The van der Waals surface area contributed by atoms with Gasteiger partial charge in [0.2, 0.25) is 0 Å². The molecule has 3 aromatic rings. The number of halogens is 4. The smallest absolute Gasteiger partial charge is 0.378 e. The van der Waals surface area contributed by atoms with Gasteiger partial charge in [-0.1, -0.05) is 12.1 Å². The zero-order valence-corrected chi connectivity index (χ0v) is 19.2. The summed E-state index contributed by atoms with van der Waals surface area (Å²) in [5.41, 5.74) is -0.994. The van der Waals surface area contributed by atoms with Crippen molar-refractivity contribution in [2.24, 2.45) is 0 Å². The molecule has 0 aliphatic rings. The van der Waals surface area contributed by atoms with E-state index in [0.29, 0.717) is 5.69 Å². The van der Waals surface area contributed by atoms with Gasteiger partial charge in [0.05, 0.1) is 16.1 Å². The maximum atomic E-state index is 13.8. The van der Waals surface area contributed by atoms with Crippen LogP contribution in [0.4, 0.5) is 34.6 Å². The molecule has 6 nitrogen and oxygen atoms in total. The molecule has 34 heavy (non-hydrogen) atoms. The number of hydrogen-bond donors (Lipinski definition) is 2. The average Bonchev–Trinajstić information content (AvgIpc) is 2.74. The third kappa shape index (κ3) is 5.66. The van der Waals surface area contributed by atoms with Crippen molar-refractivity contribution in [1.82, 2.24) is 0 Å². The highest BCUT2D eigenvalue weighted by atomic mass is 32.2. The molecule has 3 aromatic carbocycles. The van der Waals surface area contributed by atoms with Crippen molar-refractivity contribution in [3.05, 3.63) is 83.2 Å². The monoisotopic (exact) mass is 495 g/mol. The molecule has 2 N–H and O–H groups in total. The van der Waals surface area contributed by atoms with Crippen molar-refractivity contribution in [3.63, 3.8) is 0 Å². The van der Waals surface area contributed by atoms with Crippen LogP contribution in [0.5, 0.6) is 0 Å². The summed E-state index contributed by atoms with van der Waals surface area (Å²) in [7, 11) is -0.991. The molecule has 0 radical (unpaired) electrons. The van der Waals surface area contributed by atoms with Crippen LogP contribution in [0.3, 0.4) is 0 Å². The number of hydrogen-bond acceptors (Lipinski definition) is 4. The summed E-state index contributed by atoms with van der Waals surface area (Å²) in [6.07, 6.45) is -4.71. The summed E-state index contributed by atoms with van der Waals surface area (Å²) in [5, 5.41) is 2.23. The maximum Gasteiger partial charge on any atom is 0.418 e. The number of amides is 1. The van der Waals surface area contributed by atoms with Crippen LogP contribution in [-0.4, -0.2) is 28.4 Å². The van der Waals surface area contributed by atoms with Crippen LogP contribution in [0.15, 0.2) is 65.6 Å². The summed E-state index contributed by atoms with van der Waals surface area (Å²) in [5.74, 6) is -1.57. The number of rotatable bonds is 6. The zero-order chi connectivity index (χ0) is 25.3. The molecule has 0 bridgehead atoms. The standard InChI is InChI=1S/C23H21F4N3O3S/c1-14-7-9-18(13-20(14)24)34(32,33)29-16-6-4-5-15(11-16)22(31)28-21-10-8-17(30(2)3)12-19(21)23(25,26)27/h4-13,29H,1-3H3,(H,28,31). The molecule has 180 valence electrons. The summed E-state index contributed by atoms with van der Waals surface area (Å²) < 4.78 is 81.8. The van der Waals surface area contributed by atoms with Gasteiger partial charge in [-0.2, -0.15) is 13.2 Å². The molecular formula is C23H21F4N3O3S. The molecule has 0 aromatic heterocycles. The summed E-state index contributed by atoms with van der Waals surface area (Å²) >= 11 is 0. The van der Waals surface area contributed by atoms with E-state index in [4.69, 9.17) is 0 Å². The van der Waals surface area contributed by atoms with Crippen LogP contribution in [0.1, 0.15) is 21.5 Å². The summed E-state index contributed by atoms with van der Waals surface area (Å²) in [4.78, 5) is 13.8. The Kier molecular flexibility index (Phi) is 6.87. The fourth-order valence-electron chi connectivity index (χ4n) is 3.03. The Labute approximate surface area is 194 Å². The first kappa shape index (κ1) is 25.0. The number of aryl methyl sites for hydroxylation is 1. The molecule has 0 atom stereocenters. The van der Waals surface area contributed by atoms with Crippen LogP contribution in [0, 0.1) is 12.7 Å². The lowest BCUT2D eigenvalue weighted by Gasteiger charge is -2.19. The summed E-state index contributed by atoms with van der Waals surface area (Å²) in [6, 6.07) is 12.1. The number of nitrogens with one attached hydrogen (secondary N) is 2. The van der Waals surface area contributed by atoms with E-state index in [1.165, 1.54) is 54.3 Å². The van der Waals surface area contributed by atoms with E-state index in [0.717, 1.165) is 18.2 Å². The highest BCUT2D eigenvalue weighted by Gasteiger charge is 2.34. The Morgan fingerprint density at radius 1 is 0.971 bits per heavy atom. The quantitative estimate of drug-likeness (QED) is 0.457. The number of benzene rings is 3. The molecule has 11 heteroatoms. The predicted molar refractivity (Wildman–Crippen MR) is 122 cm³/mol. The van der Waals surface area contributed by atoms with Gasteiger partial charge in [-0.3, -0.25) is 9.52 Å². The van der Waals surface area contributed by atoms with Crippen molar-refractivity contribution in [2.75, 3.05) is 29.0 Å². The Balaban J connectivity index is 1.86. The lowest BCUT2D eigenvalue weighted by molar-refractivity contribution is -0.136. The lowest BCUT2D eigenvalue weighted by Crippen LogP contribution is -2.18. The third-order valence-electron chi connectivity index (χ3n) is 4.90. The van der Waals surface area contributed by atoms with Gasteiger partial charge >= 0.3 is 6.18 Å². The van der Waals surface area contributed by atoms with Gasteiger partial charge in [-0.05, 0) is 61.0 Å². The molecule has 0 spiro atoms. The van der Waals surface area contributed by atoms with E-state index in [1.807, 2.05) is 0 Å². The Hall–Kier alpha value is -3.60. The topological polar surface area (TPSA) is 78.5 Å². The second-order valence-electron chi connectivity index (χ2n) is 7.67. The largest absolute Gasteiger partial charge is 0.418 e. The average molecular weight is 495 g/mol. The van der Waals surface area contributed by atoms with Gasteiger partial charge in [0, 0.05) is 31.0 Å². The minimum Gasteiger partial charge on any atom is -0.378 e. The van der Waals surface area contributed by atoms with Gasteiger partial charge in [0.15, 0.2) is 0 Å². The van der Waals surface area contributed by atoms with E-state index < -0.39 is 39.2 Å². The van der Waals surface area contributed by atoms with E-state index >= 15 is 0 Å². The fraction of sp³-hybridized carbons (Fsp3) is 0.174. The number of sulfonamides is 1. The van der Waals surface area contributed by atoms with Gasteiger partial charge in [-0.25, -0.2) is 12.8 Å². The molecule has 0 saturated heterocycles. The van der Waals surface area contributed by atoms with Crippen molar-refractivity contribution in [2.45, 2.75) is 18.0 Å². The van der Waals surface area contributed by atoms with E-state index in [-0.39, 0.29) is 21.7 Å². The van der Waals surface area contributed by atoms with Crippen LogP contribution in [-0.2, 0) is 16.2 Å². The van der Waals surface area contributed by atoms with Crippen LogP contribution in [0.2, 0.25) is 0 Å². The Morgan fingerprint density at radius 2 is 1.68 bits per heavy atom. The van der Waals surface area contributed by atoms with Crippen LogP contribution < -0.4 is 14.9 Å². The maximum absolute atomic E-state index is 13.8. The molecule has 0 fully saturated rings. The lowest BCUT2D eigenvalue weighted by atomic mass is 10.1. The van der Waals surface area contributed by atoms with Crippen molar-refractivity contribution in [1.29, 1.82) is 0 Å². The minimum absolute atomic E-state index is 0.0207. The molecule has 1 amide bonds. The normalized spacial score (nSPS) is 11.7. The first-order valence-corrected chi connectivity index (χ1v) is 11.4. The number of nitrogens with zero attached hydrogens (tertiary/aromatic N) is 1. The van der Waals surface area contributed by atoms with Crippen LogP contribution in [0.25, 0.3) is 0 Å². The molecule has 0 unspecified atom stereocenters. The molecule has 0 heterocycles. The highest BCUT2D eigenvalue weighted by molar-refractivity contribution is 7.92. The van der Waals surface area contributed by atoms with E-state index in [1.54, 1.807) is 14.1 Å². The van der Waals surface area contributed by atoms with Crippen LogP contribution >= 0.6 is 0 Å². The minimum atomic E-state index is -4.71. The van der Waals surface area contributed by atoms with Gasteiger partial charge < -0.3 is 10.2 Å². The molecule has 0 aliphatic carbocycles. The number of anilines is 3. The zero-order valence-electron chi connectivity index (χ0n) is 18.4. The first-order chi connectivity index (χ1) is 15.8. The SMILES string of the molecule is Cc1ccc(S(=O)(=O)Nc2cccc(C(=O)Nc3ccc(N(C)C)cc3C(F)(F)F)c2)cc1F. The second-order valence-corrected chi connectivity index (χ2v) is 9.36. The second kappa shape index (κ2) is 9.34. The molecule has 0 aliphatic heterocycles. The van der Waals surface area contributed by atoms with E-state index in [2.05, 4.69) is 10.0 Å². The van der Waals surface area contributed by atoms with Crippen molar-refractivity contribution >= 4 is 33.0 Å². The number of carbonyl (C=O) groups excluding carboxylic acids is 1. The van der Waals surface area contributed by atoms with Gasteiger partial charge in [-0.15, -0.1) is 0 Å². The molecule has 3 rings (SSSR count). The summed E-state index contributed by atoms with van der Waals surface area (Å²) in [6.45, 7) is 1.49. The fourth-order valence-corrected chi connectivity index (χ4v) is 4.09. The Bertz CT molecular complexity index is 1340. The molecule has 0 saturated carbocycles. The van der Waals surface area contributed by atoms with Crippen molar-refractivity contribution in [3.8, 4) is 0 Å². The molecular weight excluding hydrogens is 474 g/mol. The van der Waals surface area contributed by atoms with E-state index in [9.17, 15) is 30.8 Å². The third-order valence-corrected chi connectivity index (χ3v) is 6.28. The predicted octanol–water partition coefficient (Wildman–Crippen LogP) is 5.27. The Morgan fingerprint density at radius 3 is 2.29 bits per heavy atom. The highest BCUT2D eigenvalue weighted by Crippen LogP contribution is 2.37. The van der Waals surface area contributed by atoms with Crippen molar-refractivity contribution < 1.29 is 30.8 Å². The van der Waals surface area contributed by atoms with Gasteiger partial charge in [0.1, 0.15) is 5.82 Å². The number of alkyl halides is 3. The van der Waals surface area contributed by atoms with Gasteiger partial charge in [0.25, 0.3) is 15.9 Å².